The maximum absolute atomic E-state index is 15.2. The number of ether oxygens (including phenoxy) is 1. The summed E-state index contributed by atoms with van der Waals surface area (Å²) in [6.45, 7) is 4.69. The number of aliphatic hydroxyl groups is 1. The van der Waals surface area contributed by atoms with E-state index in [4.69, 9.17) is 4.74 Å². The normalized spacial score (nSPS) is 12.7. The number of nitrogens with zero attached hydrogens (tertiary/aromatic N) is 2. The van der Waals surface area contributed by atoms with Crippen molar-refractivity contribution in [2.75, 3.05) is 7.05 Å². The van der Waals surface area contributed by atoms with Gasteiger partial charge in [-0.05, 0) is 44.5 Å². The van der Waals surface area contributed by atoms with Crippen molar-refractivity contribution in [3.8, 4) is 16.2 Å². The van der Waals surface area contributed by atoms with Crippen molar-refractivity contribution in [2.24, 2.45) is 7.05 Å². The Labute approximate surface area is 203 Å². The highest BCUT2D eigenvalue weighted by Crippen LogP contribution is 2.45. The van der Waals surface area contributed by atoms with E-state index in [-0.39, 0.29) is 33.8 Å². The Morgan fingerprint density at radius 3 is 2.69 bits per heavy atom. The first kappa shape index (κ1) is 24.6. The fraction of sp³-hybridized carbons (Fsp3) is 0.292. The molecule has 11 heteroatoms. The van der Waals surface area contributed by atoms with Gasteiger partial charge in [0, 0.05) is 36.1 Å². The number of carbonyl (C=O) groups is 1. The number of halogens is 2. The second-order valence-corrected chi connectivity index (χ2v) is 9.71. The van der Waals surface area contributed by atoms with E-state index < -0.39 is 23.7 Å². The predicted octanol–water partition coefficient (Wildman–Crippen LogP) is 4.07. The van der Waals surface area contributed by atoms with Gasteiger partial charge in [-0.2, -0.15) is 4.39 Å². The number of amides is 1. The van der Waals surface area contributed by atoms with Crippen LogP contribution >= 0.6 is 11.3 Å². The van der Waals surface area contributed by atoms with Crippen molar-refractivity contribution in [1.82, 2.24) is 19.9 Å². The van der Waals surface area contributed by atoms with Gasteiger partial charge < -0.3 is 24.7 Å². The van der Waals surface area contributed by atoms with Crippen LogP contribution in [0.15, 0.2) is 35.4 Å². The van der Waals surface area contributed by atoms with Crippen LogP contribution in [0.1, 0.15) is 46.8 Å². The third-order valence-corrected chi connectivity index (χ3v) is 6.98. The molecule has 8 nitrogen and oxygen atoms in total. The molecule has 35 heavy (non-hydrogen) atoms. The molecule has 0 saturated heterocycles. The van der Waals surface area contributed by atoms with E-state index >= 15 is 4.39 Å². The smallest absolute Gasteiger partial charge is 0.281 e. The quantitative estimate of drug-likeness (QED) is 0.368. The van der Waals surface area contributed by atoms with Gasteiger partial charge in [-0.15, -0.1) is 11.3 Å². The fourth-order valence-electron chi connectivity index (χ4n) is 3.68. The summed E-state index contributed by atoms with van der Waals surface area (Å²) in [5.74, 6) is -0.894. The third kappa shape index (κ3) is 4.56. The van der Waals surface area contributed by atoms with E-state index in [1.807, 2.05) is 0 Å². The van der Waals surface area contributed by atoms with Gasteiger partial charge in [0.2, 0.25) is 0 Å². The molecule has 0 fully saturated rings. The number of rotatable bonds is 6. The van der Waals surface area contributed by atoms with Gasteiger partial charge in [0.15, 0.2) is 0 Å². The zero-order valence-electron chi connectivity index (χ0n) is 19.7. The third-order valence-electron chi connectivity index (χ3n) is 5.51. The van der Waals surface area contributed by atoms with Crippen LogP contribution in [0, 0.1) is 12.7 Å². The lowest BCUT2D eigenvalue weighted by atomic mass is 10.1. The molecule has 1 atom stereocenters. The number of hydrogen-bond donors (Lipinski definition) is 3. The second-order valence-electron chi connectivity index (χ2n) is 8.66. The number of aryl methyl sites for hydroxylation is 2. The molecule has 0 radical (unpaired) electrons. The Bertz CT molecular complexity index is 1500. The predicted molar refractivity (Wildman–Crippen MR) is 129 cm³/mol. The topological polar surface area (TPSA) is 109 Å². The molecule has 4 heterocycles. The van der Waals surface area contributed by atoms with Crippen molar-refractivity contribution in [2.45, 2.75) is 32.7 Å². The molecule has 0 bridgehead atoms. The lowest BCUT2D eigenvalue weighted by molar-refractivity contribution is 0.0614. The van der Waals surface area contributed by atoms with Gasteiger partial charge in [-0.1, -0.05) is 0 Å². The molecular weight excluding hydrogens is 478 g/mol. The van der Waals surface area contributed by atoms with Crippen molar-refractivity contribution in [1.29, 1.82) is 0 Å². The number of aromatic amines is 1. The molecule has 184 valence electrons. The summed E-state index contributed by atoms with van der Waals surface area (Å²) in [7, 11) is 3.03. The summed E-state index contributed by atoms with van der Waals surface area (Å²) >= 11 is 1.16. The Morgan fingerprint density at radius 2 is 2.06 bits per heavy atom. The number of pyridine rings is 2. The van der Waals surface area contributed by atoms with Gasteiger partial charge in [0.05, 0.1) is 16.7 Å². The molecule has 4 rings (SSSR count). The molecule has 1 amide bonds. The second kappa shape index (κ2) is 8.90. The molecule has 1 unspecified atom stereocenters. The minimum absolute atomic E-state index is 0.0810. The van der Waals surface area contributed by atoms with Gasteiger partial charge >= 0.3 is 0 Å². The molecule has 3 N–H and O–H groups in total. The molecule has 0 aliphatic rings. The number of nitrogens with one attached hydrogen (secondary N) is 2. The Balaban J connectivity index is 1.91. The standard InChI is InChI=1S/C24H24F2N4O4S/c1-11-6-12(25)9-28-18(11)21(26)34-16-8-17(24(2,3)33)35-20(16)14-10-30(5)23(32)19-13(14)7-15(29-19)22(31)27-4/h6-10,21,29,33H,1-5H3,(H,27,31). The Kier molecular flexibility index (Phi) is 6.24. The number of aromatic nitrogens is 3. The minimum atomic E-state index is -2.02. The number of carbonyl (C=O) groups excluding carboxylic acids is 1. The number of thiophene rings is 1. The highest BCUT2D eigenvalue weighted by molar-refractivity contribution is 7.16. The zero-order valence-corrected chi connectivity index (χ0v) is 20.5. The van der Waals surface area contributed by atoms with Crippen LogP contribution in [-0.2, 0) is 12.6 Å². The summed E-state index contributed by atoms with van der Waals surface area (Å²) in [4.78, 5) is 32.5. The summed E-state index contributed by atoms with van der Waals surface area (Å²) in [6.07, 6.45) is 0.452. The first-order valence-electron chi connectivity index (χ1n) is 10.6. The van der Waals surface area contributed by atoms with Crippen LogP contribution in [0.4, 0.5) is 8.78 Å². The van der Waals surface area contributed by atoms with Crippen LogP contribution < -0.4 is 15.6 Å². The minimum Gasteiger partial charge on any atom is -0.453 e. The van der Waals surface area contributed by atoms with Crippen LogP contribution in [-0.4, -0.2) is 32.6 Å². The monoisotopic (exact) mass is 502 g/mol. The number of alkyl halides is 1. The van der Waals surface area contributed by atoms with E-state index in [2.05, 4.69) is 15.3 Å². The van der Waals surface area contributed by atoms with E-state index in [9.17, 15) is 19.1 Å². The molecule has 4 aromatic heterocycles. The van der Waals surface area contributed by atoms with Crippen LogP contribution in [0.3, 0.4) is 0 Å². The van der Waals surface area contributed by atoms with Gasteiger partial charge in [0.25, 0.3) is 17.8 Å². The highest BCUT2D eigenvalue weighted by Gasteiger charge is 2.28. The summed E-state index contributed by atoms with van der Waals surface area (Å²) in [5, 5.41) is 13.6. The fourth-order valence-corrected chi connectivity index (χ4v) is 4.79. The summed E-state index contributed by atoms with van der Waals surface area (Å²) in [6, 6.07) is 4.22. The molecule has 0 aliphatic carbocycles. The molecular formula is C24H24F2N4O4S. The Morgan fingerprint density at radius 1 is 1.34 bits per heavy atom. The Hall–Kier alpha value is -3.57. The number of fused-ring (bicyclic) bond motifs is 1. The van der Waals surface area contributed by atoms with E-state index in [0.29, 0.717) is 20.7 Å². The molecule has 0 saturated carbocycles. The summed E-state index contributed by atoms with van der Waals surface area (Å²) in [5.41, 5.74) is -0.536. The SMILES string of the molecule is CNC(=O)c1cc2c(-c3sc(C(C)(C)O)cc3OC(F)c3ncc(F)cc3C)cn(C)c(=O)c2[nH]1. The number of H-pyrrole nitrogens is 1. The van der Waals surface area contributed by atoms with E-state index in [0.717, 1.165) is 23.6 Å². The lowest BCUT2D eigenvalue weighted by Crippen LogP contribution is -2.19. The highest BCUT2D eigenvalue weighted by atomic mass is 32.1. The maximum atomic E-state index is 15.2. The largest absolute Gasteiger partial charge is 0.453 e. The lowest BCUT2D eigenvalue weighted by Gasteiger charge is -2.14. The van der Waals surface area contributed by atoms with E-state index in [1.165, 1.54) is 30.7 Å². The van der Waals surface area contributed by atoms with Crippen molar-refractivity contribution in [3.63, 3.8) is 0 Å². The van der Waals surface area contributed by atoms with Gasteiger partial charge in [-0.3, -0.25) is 14.6 Å². The zero-order chi connectivity index (χ0) is 25.7. The maximum Gasteiger partial charge on any atom is 0.281 e. The van der Waals surface area contributed by atoms with Crippen molar-refractivity contribution in [3.05, 3.63) is 68.6 Å². The molecule has 0 spiro atoms. The van der Waals surface area contributed by atoms with Gasteiger partial charge in [-0.25, -0.2) is 4.39 Å². The van der Waals surface area contributed by atoms with Crippen molar-refractivity contribution >= 4 is 28.1 Å². The molecule has 0 aliphatic heterocycles. The summed E-state index contributed by atoms with van der Waals surface area (Å²) < 4.78 is 35.7. The average Bonchev–Trinajstić information content (AvgIpc) is 3.41. The van der Waals surface area contributed by atoms with E-state index in [1.54, 1.807) is 27.1 Å². The van der Waals surface area contributed by atoms with Crippen molar-refractivity contribution < 1.29 is 23.4 Å². The van der Waals surface area contributed by atoms with Crippen LogP contribution in [0.25, 0.3) is 21.3 Å². The number of hydrogen-bond acceptors (Lipinski definition) is 6. The first-order valence-corrected chi connectivity index (χ1v) is 11.5. The van der Waals surface area contributed by atoms with Gasteiger partial charge in [0.1, 0.15) is 28.5 Å². The average molecular weight is 503 g/mol. The molecule has 0 aromatic carbocycles. The van der Waals surface area contributed by atoms with Crippen LogP contribution in [0.5, 0.6) is 5.75 Å². The molecule has 4 aromatic rings. The van der Waals surface area contributed by atoms with Crippen LogP contribution in [0.2, 0.25) is 0 Å². The first-order chi connectivity index (χ1) is 16.4.